The molecule has 0 aliphatic carbocycles. The highest BCUT2D eigenvalue weighted by Gasteiger charge is 2.14. The Morgan fingerprint density at radius 2 is 2.06 bits per heavy atom. The number of rotatable bonds is 6. The minimum atomic E-state index is 0.144. The van der Waals surface area contributed by atoms with E-state index in [1.807, 2.05) is 30.4 Å². The molecule has 0 saturated carbocycles. The molecule has 0 radical (unpaired) electrons. The molecule has 98 valence electrons. The summed E-state index contributed by atoms with van der Waals surface area (Å²) in [5.74, 6) is 2.85. The third-order valence-electron chi connectivity index (χ3n) is 2.50. The number of aryl methyl sites for hydroxylation is 2. The molecule has 0 aliphatic heterocycles. The first-order valence-corrected chi connectivity index (χ1v) is 7.46. The maximum Gasteiger partial charge on any atom is 0.0847 e. The Morgan fingerprint density at radius 1 is 1.41 bits per heavy atom. The zero-order valence-corrected chi connectivity index (χ0v) is 12.6. The third-order valence-corrected chi connectivity index (χ3v) is 4.56. The van der Waals surface area contributed by atoms with Crippen molar-refractivity contribution in [3.63, 3.8) is 0 Å². The van der Waals surface area contributed by atoms with E-state index in [-0.39, 0.29) is 6.04 Å². The number of halogens is 1. The molecular weight excluding hydrogens is 254 g/mol. The van der Waals surface area contributed by atoms with Crippen molar-refractivity contribution in [3.05, 3.63) is 16.4 Å². The lowest BCUT2D eigenvalue weighted by atomic mass is 10.2. The molecule has 0 bridgehead atoms. The molecule has 1 rings (SSSR count). The average molecular weight is 276 g/mol. The van der Waals surface area contributed by atoms with Gasteiger partial charge < -0.3 is 5.73 Å². The van der Waals surface area contributed by atoms with Gasteiger partial charge in [0.25, 0.3) is 0 Å². The highest BCUT2D eigenvalue weighted by atomic mass is 35.5. The van der Waals surface area contributed by atoms with Crippen LogP contribution in [-0.2, 0) is 13.5 Å². The highest BCUT2D eigenvalue weighted by molar-refractivity contribution is 7.99. The number of thioether (sulfide) groups is 1. The van der Waals surface area contributed by atoms with Gasteiger partial charge in [-0.3, -0.25) is 4.68 Å². The Labute approximate surface area is 113 Å². The van der Waals surface area contributed by atoms with E-state index in [2.05, 4.69) is 18.9 Å². The van der Waals surface area contributed by atoms with E-state index >= 15 is 0 Å². The van der Waals surface area contributed by atoms with Gasteiger partial charge in [0.15, 0.2) is 0 Å². The first kappa shape index (κ1) is 14.9. The second-order valence-electron chi connectivity index (χ2n) is 4.87. The predicted molar refractivity (Wildman–Crippen MR) is 76.8 cm³/mol. The van der Waals surface area contributed by atoms with Crippen LogP contribution in [0, 0.1) is 12.8 Å². The monoisotopic (exact) mass is 275 g/mol. The van der Waals surface area contributed by atoms with E-state index in [0.29, 0.717) is 0 Å². The molecule has 1 aromatic rings. The van der Waals surface area contributed by atoms with Gasteiger partial charge in [-0.05, 0) is 18.6 Å². The Bertz CT molecular complexity index is 363. The van der Waals surface area contributed by atoms with E-state index in [1.54, 1.807) is 0 Å². The van der Waals surface area contributed by atoms with Crippen molar-refractivity contribution in [3.8, 4) is 0 Å². The van der Waals surface area contributed by atoms with Gasteiger partial charge in [0.2, 0.25) is 0 Å². The van der Waals surface area contributed by atoms with E-state index in [0.717, 1.165) is 40.3 Å². The van der Waals surface area contributed by atoms with Crippen LogP contribution in [0.2, 0.25) is 5.02 Å². The van der Waals surface area contributed by atoms with Crippen LogP contribution in [0.15, 0.2) is 0 Å². The van der Waals surface area contributed by atoms with Crippen LogP contribution in [0.5, 0.6) is 0 Å². The summed E-state index contributed by atoms with van der Waals surface area (Å²) in [5.41, 5.74) is 8.04. The molecule has 0 amide bonds. The number of nitrogens with two attached hydrogens (primary N) is 1. The largest absolute Gasteiger partial charge is 0.327 e. The van der Waals surface area contributed by atoms with Crippen molar-refractivity contribution < 1.29 is 0 Å². The molecule has 0 aliphatic rings. The Balaban J connectivity index is 2.47. The van der Waals surface area contributed by atoms with Crippen LogP contribution < -0.4 is 5.73 Å². The SMILES string of the molecule is Cc1nn(C)c(CC(N)CSCC(C)C)c1Cl. The average Bonchev–Trinajstić information content (AvgIpc) is 2.44. The molecule has 2 N–H and O–H groups in total. The van der Waals surface area contributed by atoms with Crippen molar-refractivity contribution in [1.29, 1.82) is 0 Å². The van der Waals surface area contributed by atoms with Crippen molar-refractivity contribution in [2.24, 2.45) is 18.7 Å². The first-order valence-electron chi connectivity index (χ1n) is 5.93. The Kier molecular flexibility index (Phi) is 5.83. The summed E-state index contributed by atoms with van der Waals surface area (Å²) in [4.78, 5) is 0. The fraction of sp³-hybridized carbons (Fsp3) is 0.750. The van der Waals surface area contributed by atoms with Crippen LogP contribution in [-0.4, -0.2) is 27.3 Å². The standard InChI is InChI=1S/C12H22ClN3S/c1-8(2)6-17-7-10(14)5-11-12(13)9(3)15-16(11)4/h8,10H,5-7,14H2,1-4H3. The van der Waals surface area contributed by atoms with Crippen LogP contribution in [0.25, 0.3) is 0 Å². The molecule has 1 atom stereocenters. The van der Waals surface area contributed by atoms with Crippen molar-refractivity contribution in [2.75, 3.05) is 11.5 Å². The van der Waals surface area contributed by atoms with E-state index in [1.165, 1.54) is 0 Å². The molecule has 1 heterocycles. The molecule has 17 heavy (non-hydrogen) atoms. The summed E-state index contributed by atoms with van der Waals surface area (Å²) in [7, 11) is 1.92. The van der Waals surface area contributed by atoms with Gasteiger partial charge in [0, 0.05) is 25.3 Å². The van der Waals surface area contributed by atoms with Gasteiger partial charge in [0.1, 0.15) is 0 Å². The molecule has 5 heteroatoms. The molecule has 0 spiro atoms. The summed E-state index contributed by atoms with van der Waals surface area (Å²) in [5, 5.41) is 5.06. The van der Waals surface area contributed by atoms with Crippen molar-refractivity contribution >= 4 is 23.4 Å². The fourth-order valence-electron chi connectivity index (χ4n) is 1.66. The summed E-state index contributed by atoms with van der Waals surface area (Å²) >= 11 is 8.11. The van der Waals surface area contributed by atoms with E-state index in [4.69, 9.17) is 17.3 Å². The lowest BCUT2D eigenvalue weighted by Crippen LogP contribution is -2.27. The molecule has 0 saturated heterocycles. The number of aromatic nitrogens is 2. The molecule has 0 aromatic carbocycles. The number of hydrogen-bond acceptors (Lipinski definition) is 3. The third kappa shape index (κ3) is 4.53. The van der Waals surface area contributed by atoms with Crippen molar-refractivity contribution in [2.45, 2.75) is 33.2 Å². The smallest absolute Gasteiger partial charge is 0.0847 e. The Morgan fingerprint density at radius 3 is 2.53 bits per heavy atom. The maximum atomic E-state index is 6.20. The Hall–Kier alpha value is -0.190. The second kappa shape index (κ2) is 6.66. The van der Waals surface area contributed by atoms with Gasteiger partial charge in [-0.2, -0.15) is 16.9 Å². The predicted octanol–water partition coefficient (Wildman–Crippen LogP) is 2.64. The molecule has 0 fully saturated rings. The topological polar surface area (TPSA) is 43.8 Å². The summed E-state index contributed by atoms with van der Waals surface area (Å²) < 4.78 is 1.84. The molecule has 3 nitrogen and oxygen atoms in total. The molecule has 1 unspecified atom stereocenters. The van der Waals surface area contributed by atoms with E-state index < -0.39 is 0 Å². The summed E-state index contributed by atoms with van der Waals surface area (Å²) in [6, 6.07) is 0.144. The van der Waals surface area contributed by atoms with Crippen LogP contribution in [0.4, 0.5) is 0 Å². The fourth-order valence-corrected chi connectivity index (χ4v) is 2.93. The van der Waals surface area contributed by atoms with Crippen molar-refractivity contribution in [1.82, 2.24) is 9.78 Å². The summed E-state index contributed by atoms with van der Waals surface area (Å²) in [6.45, 7) is 6.37. The second-order valence-corrected chi connectivity index (χ2v) is 6.32. The summed E-state index contributed by atoms with van der Waals surface area (Å²) in [6.07, 6.45) is 0.793. The van der Waals surface area contributed by atoms with Gasteiger partial charge >= 0.3 is 0 Å². The van der Waals surface area contributed by atoms with Crippen LogP contribution in [0.3, 0.4) is 0 Å². The van der Waals surface area contributed by atoms with Crippen LogP contribution >= 0.6 is 23.4 Å². The molecular formula is C12H22ClN3S. The quantitative estimate of drug-likeness (QED) is 0.868. The zero-order chi connectivity index (χ0) is 13.0. The number of hydrogen-bond donors (Lipinski definition) is 1. The normalized spacial score (nSPS) is 13.4. The lowest BCUT2D eigenvalue weighted by molar-refractivity contribution is 0.652. The minimum absolute atomic E-state index is 0.144. The molecule has 1 aromatic heterocycles. The van der Waals surface area contributed by atoms with Gasteiger partial charge in [-0.15, -0.1) is 0 Å². The van der Waals surface area contributed by atoms with E-state index in [9.17, 15) is 0 Å². The zero-order valence-electron chi connectivity index (χ0n) is 11.0. The van der Waals surface area contributed by atoms with Crippen LogP contribution in [0.1, 0.15) is 25.2 Å². The minimum Gasteiger partial charge on any atom is -0.327 e. The number of nitrogens with zero attached hydrogens (tertiary/aromatic N) is 2. The van der Waals surface area contributed by atoms with Gasteiger partial charge in [-0.25, -0.2) is 0 Å². The van der Waals surface area contributed by atoms with Gasteiger partial charge in [0.05, 0.1) is 16.4 Å². The van der Waals surface area contributed by atoms with Gasteiger partial charge in [-0.1, -0.05) is 25.4 Å². The first-order chi connectivity index (χ1) is 7.91. The maximum absolute atomic E-state index is 6.20. The lowest BCUT2D eigenvalue weighted by Gasteiger charge is -2.12. The highest BCUT2D eigenvalue weighted by Crippen LogP contribution is 2.21.